The van der Waals surface area contributed by atoms with E-state index in [1.807, 2.05) is 19.9 Å². The first-order chi connectivity index (χ1) is 13.0. The molecule has 1 aliphatic heterocycles. The van der Waals surface area contributed by atoms with Gasteiger partial charge in [0.15, 0.2) is 15.8 Å². The van der Waals surface area contributed by atoms with Crippen molar-refractivity contribution < 1.29 is 8.42 Å². The van der Waals surface area contributed by atoms with Gasteiger partial charge in [0, 0.05) is 18.6 Å². The Kier molecular flexibility index (Phi) is 11.4. The zero-order valence-electron chi connectivity index (χ0n) is 17.2. The maximum Gasteiger partial charge on any atom is 0.191 e. The molecule has 8 heteroatoms. The summed E-state index contributed by atoms with van der Waals surface area (Å²) in [5.41, 5.74) is 0. The lowest BCUT2D eigenvalue weighted by Gasteiger charge is -2.23. The van der Waals surface area contributed by atoms with Gasteiger partial charge in [-0.1, -0.05) is 32.0 Å². The summed E-state index contributed by atoms with van der Waals surface area (Å²) in [4.78, 5) is 7.58. The minimum absolute atomic E-state index is 0. The SMILES string of the molecule is CCNC(=NCC1CCCN1CC)NC(CC)CS(=O)(=O)c1ccccc1.I. The van der Waals surface area contributed by atoms with Crippen LogP contribution in [-0.2, 0) is 9.84 Å². The smallest absolute Gasteiger partial charge is 0.191 e. The number of nitrogens with one attached hydrogen (secondary N) is 2. The first kappa shape index (κ1) is 25.2. The maximum absolute atomic E-state index is 12.7. The zero-order chi connectivity index (χ0) is 19.7. The fraction of sp³-hybridized carbons (Fsp3) is 0.650. The number of likely N-dealkylation sites (tertiary alicyclic amines) is 1. The van der Waals surface area contributed by atoms with Crippen molar-refractivity contribution >= 4 is 39.8 Å². The normalized spacial score (nSPS) is 19.1. The molecule has 0 amide bonds. The van der Waals surface area contributed by atoms with Gasteiger partial charge in [-0.25, -0.2) is 8.42 Å². The third kappa shape index (κ3) is 7.51. The first-order valence-electron chi connectivity index (χ1n) is 10.1. The summed E-state index contributed by atoms with van der Waals surface area (Å²) in [5, 5.41) is 6.58. The summed E-state index contributed by atoms with van der Waals surface area (Å²) >= 11 is 0. The Labute approximate surface area is 187 Å². The fourth-order valence-corrected chi connectivity index (χ4v) is 5.09. The second-order valence-electron chi connectivity index (χ2n) is 6.99. The Bertz CT molecular complexity index is 697. The Morgan fingerprint density at radius 2 is 1.96 bits per heavy atom. The van der Waals surface area contributed by atoms with Crippen molar-refractivity contribution in [3.8, 4) is 0 Å². The lowest BCUT2D eigenvalue weighted by atomic mass is 10.2. The second kappa shape index (κ2) is 12.6. The molecule has 160 valence electrons. The number of nitrogens with zero attached hydrogens (tertiary/aromatic N) is 2. The van der Waals surface area contributed by atoms with Crippen molar-refractivity contribution in [3.63, 3.8) is 0 Å². The predicted molar refractivity (Wildman–Crippen MR) is 127 cm³/mol. The Balaban J connectivity index is 0.00000392. The van der Waals surface area contributed by atoms with Crippen molar-refractivity contribution in [2.24, 2.45) is 4.99 Å². The van der Waals surface area contributed by atoms with Crippen LogP contribution in [0.25, 0.3) is 0 Å². The zero-order valence-corrected chi connectivity index (χ0v) is 20.4. The number of sulfone groups is 1. The molecule has 0 radical (unpaired) electrons. The number of guanidine groups is 1. The molecule has 2 rings (SSSR count). The molecule has 1 heterocycles. The minimum Gasteiger partial charge on any atom is -0.357 e. The number of aliphatic imine (C=N–C) groups is 1. The quantitative estimate of drug-likeness (QED) is 0.297. The molecular weight excluding hydrogens is 487 g/mol. The van der Waals surface area contributed by atoms with Gasteiger partial charge in [0.05, 0.1) is 17.2 Å². The summed E-state index contributed by atoms with van der Waals surface area (Å²) in [5.74, 6) is 0.762. The number of likely N-dealkylation sites (N-methyl/N-ethyl adjacent to an activating group) is 1. The molecule has 2 atom stereocenters. The van der Waals surface area contributed by atoms with Crippen LogP contribution >= 0.6 is 24.0 Å². The highest BCUT2D eigenvalue weighted by molar-refractivity contribution is 14.0. The Morgan fingerprint density at radius 3 is 2.57 bits per heavy atom. The van der Waals surface area contributed by atoms with E-state index < -0.39 is 9.84 Å². The van der Waals surface area contributed by atoms with Crippen LogP contribution in [0.15, 0.2) is 40.2 Å². The van der Waals surface area contributed by atoms with Crippen LogP contribution in [0.1, 0.15) is 40.0 Å². The van der Waals surface area contributed by atoms with E-state index in [1.54, 1.807) is 24.3 Å². The molecule has 0 aliphatic carbocycles. The van der Waals surface area contributed by atoms with Crippen molar-refractivity contribution in [1.82, 2.24) is 15.5 Å². The molecule has 1 fully saturated rings. The van der Waals surface area contributed by atoms with Crippen LogP contribution in [0.4, 0.5) is 0 Å². The van der Waals surface area contributed by atoms with Gasteiger partial charge in [0.1, 0.15) is 0 Å². The summed E-state index contributed by atoms with van der Waals surface area (Å²) in [6.07, 6.45) is 3.11. The van der Waals surface area contributed by atoms with Crippen LogP contribution in [0.3, 0.4) is 0 Å². The van der Waals surface area contributed by atoms with E-state index in [1.165, 1.54) is 12.8 Å². The lowest BCUT2D eigenvalue weighted by molar-refractivity contribution is 0.273. The maximum atomic E-state index is 12.7. The molecule has 1 aliphatic rings. The topological polar surface area (TPSA) is 73.8 Å². The number of halogens is 1. The number of rotatable bonds is 9. The van der Waals surface area contributed by atoms with Gasteiger partial charge in [-0.3, -0.25) is 9.89 Å². The van der Waals surface area contributed by atoms with Gasteiger partial charge in [0.2, 0.25) is 0 Å². The van der Waals surface area contributed by atoms with Crippen molar-refractivity contribution in [2.75, 3.05) is 31.9 Å². The molecule has 1 aromatic carbocycles. The first-order valence-corrected chi connectivity index (χ1v) is 11.7. The van der Waals surface area contributed by atoms with E-state index in [-0.39, 0.29) is 35.8 Å². The number of hydrogen-bond acceptors (Lipinski definition) is 4. The highest BCUT2D eigenvalue weighted by Gasteiger charge is 2.24. The van der Waals surface area contributed by atoms with Crippen LogP contribution in [0.2, 0.25) is 0 Å². The molecule has 0 bridgehead atoms. The highest BCUT2D eigenvalue weighted by Crippen LogP contribution is 2.16. The molecule has 1 saturated heterocycles. The average Bonchev–Trinajstić information content (AvgIpc) is 3.13. The van der Waals surface area contributed by atoms with Crippen LogP contribution in [0.5, 0.6) is 0 Å². The average molecular weight is 522 g/mol. The monoisotopic (exact) mass is 522 g/mol. The second-order valence-corrected chi connectivity index (χ2v) is 9.02. The molecule has 6 nitrogen and oxygen atoms in total. The van der Waals surface area contributed by atoms with E-state index in [4.69, 9.17) is 4.99 Å². The van der Waals surface area contributed by atoms with Gasteiger partial charge in [-0.2, -0.15) is 0 Å². The van der Waals surface area contributed by atoms with E-state index in [2.05, 4.69) is 22.5 Å². The van der Waals surface area contributed by atoms with Crippen molar-refractivity contribution in [1.29, 1.82) is 0 Å². The Morgan fingerprint density at radius 1 is 1.25 bits per heavy atom. The minimum atomic E-state index is -3.33. The largest absolute Gasteiger partial charge is 0.357 e. The molecular formula is C20H35IN4O2S. The third-order valence-corrected chi connectivity index (χ3v) is 6.90. The lowest BCUT2D eigenvalue weighted by Crippen LogP contribution is -2.46. The summed E-state index contributed by atoms with van der Waals surface area (Å²) in [6, 6.07) is 8.95. The van der Waals surface area contributed by atoms with E-state index >= 15 is 0 Å². The molecule has 1 aromatic rings. The third-order valence-electron chi connectivity index (χ3n) is 5.07. The van der Waals surface area contributed by atoms with Gasteiger partial charge in [-0.05, 0) is 51.4 Å². The van der Waals surface area contributed by atoms with Crippen molar-refractivity contribution in [3.05, 3.63) is 30.3 Å². The van der Waals surface area contributed by atoms with E-state index in [0.717, 1.165) is 26.2 Å². The highest BCUT2D eigenvalue weighted by atomic mass is 127. The van der Waals surface area contributed by atoms with Gasteiger partial charge in [0.25, 0.3) is 0 Å². The van der Waals surface area contributed by atoms with Crippen molar-refractivity contribution in [2.45, 2.75) is 57.0 Å². The molecule has 2 unspecified atom stereocenters. The van der Waals surface area contributed by atoms with E-state index in [9.17, 15) is 8.42 Å². The summed E-state index contributed by atoms with van der Waals surface area (Å²) in [7, 11) is -3.33. The van der Waals surface area contributed by atoms with Gasteiger partial charge < -0.3 is 10.6 Å². The molecule has 0 spiro atoms. The molecule has 0 saturated carbocycles. The molecule has 28 heavy (non-hydrogen) atoms. The fourth-order valence-electron chi connectivity index (χ4n) is 3.48. The number of hydrogen-bond donors (Lipinski definition) is 2. The molecule has 0 aromatic heterocycles. The summed E-state index contributed by atoms with van der Waals surface area (Å²) < 4.78 is 25.4. The van der Waals surface area contributed by atoms with Gasteiger partial charge in [-0.15, -0.1) is 24.0 Å². The van der Waals surface area contributed by atoms with Gasteiger partial charge >= 0.3 is 0 Å². The Hall–Kier alpha value is -0.870. The number of benzene rings is 1. The van der Waals surface area contributed by atoms with Crippen LogP contribution in [-0.4, -0.2) is 63.3 Å². The predicted octanol–water partition coefficient (Wildman–Crippen LogP) is 2.90. The van der Waals surface area contributed by atoms with E-state index in [0.29, 0.717) is 23.3 Å². The summed E-state index contributed by atoms with van der Waals surface area (Å²) in [6.45, 7) is 9.89. The molecule has 2 N–H and O–H groups in total. The van der Waals surface area contributed by atoms with Crippen LogP contribution < -0.4 is 10.6 Å². The standard InChI is InChI=1S/C20H34N4O2S.HI/c1-4-17(16-27(25,26)19-12-8-7-9-13-19)23-20(21-5-2)22-15-18-11-10-14-24(18)6-3;/h7-9,12-13,17-18H,4-6,10-11,14-16H2,1-3H3,(H2,21,22,23);1H. The van der Waals surface area contributed by atoms with Crippen LogP contribution in [0, 0.1) is 0 Å².